The third-order valence-corrected chi connectivity index (χ3v) is 10.2. The number of hydrogen-bond donors (Lipinski definition) is 1. The summed E-state index contributed by atoms with van der Waals surface area (Å²) in [6.45, 7) is 1.43. The van der Waals surface area contributed by atoms with E-state index in [0.717, 1.165) is 35.3 Å². The van der Waals surface area contributed by atoms with Crippen molar-refractivity contribution in [3.05, 3.63) is 95.3 Å². The van der Waals surface area contributed by atoms with Crippen molar-refractivity contribution in [2.75, 3.05) is 19.6 Å². The molecule has 0 bridgehead atoms. The number of likely N-dealkylation sites (tertiary alicyclic amines) is 1. The van der Waals surface area contributed by atoms with Crippen LogP contribution in [0.25, 0.3) is 11.0 Å². The van der Waals surface area contributed by atoms with E-state index in [1.54, 1.807) is 18.2 Å². The summed E-state index contributed by atoms with van der Waals surface area (Å²) in [5, 5.41) is 0.365. The lowest BCUT2D eigenvalue weighted by Crippen LogP contribution is -2.49. The molecule has 2 aliphatic heterocycles. The van der Waals surface area contributed by atoms with Gasteiger partial charge < -0.3 is 9.88 Å². The van der Waals surface area contributed by atoms with E-state index in [-0.39, 0.29) is 35.2 Å². The second-order valence-corrected chi connectivity index (χ2v) is 12.8. The Kier molecular flexibility index (Phi) is 7.18. The van der Waals surface area contributed by atoms with Gasteiger partial charge in [-0.25, -0.2) is 13.4 Å². The number of sulfonamides is 1. The molecule has 3 heterocycles. The Bertz CT molecular complexity index is 1550. The monoisotopic (exact) mass is 562 g/mol. The topological polar surface area (TPSA) is 86.4 Å². The Morgan fingerprint density at radius 2 is 1.64 bits per heavy atom. The van der Waals surface area contributed by atoms with Crippen LogP contribution in [0.2, 0.25) is 5.02 Å². The summed E-state index contributed by atoms with van der Waals surface area (Å²) in [6.07, 6.45) is 2.88. The molecule has 0 radical (unpaired) electrons. The summed E-state index contributed by atoms with van der Waals surface area (Å²) in [5.74, 6) is 0.901. The number of fused-ring (bicyclic) bond motifs is 1. The van der Waals surface area contributed by atoms with Crippen LogP contribution < -0.4 is 0 Å². The van der Waals surface area contributed by atoms with Gasteiger partial charge in [0.05, 0.1) is 27.9 Å². The fourth-order valence-electron chi connectivity index (χ4n) is 5.97. The van der Waals surface area contributed by atoms with Crippen LogP contribution in [-0.2, 0) is 14.8 Å². The number of carbonyl (C=O) groups is 1. The maximum atomic E-state index is 13.9. The summed E-state index contributed by atoms with van der Waals surface area (Å²) in [6, 6.07) is 23.7. The zero-order valence-electron chi connectivity index (χ0n) is 21.5. The molecule has 9 heteroatoms. The molecule has 202 valence electrons. The SMILES string of the molecule is O=C(C1CCC(c2ccccc2)N(S(=O)(=O)c2cccc(Cl)c2)C1)N1CCC(c2nc3ccccc3[nH]2)CC1. The Morgan fingerprint density at radius 3 is 2.38 bits per heavy atom. The summed E-state index contributed by atoms with van der Waals surface area (Å²) < 4.78 is 29.3. The molecule has 2 atom stereocenters. The van der Waals surface area contributed by atoms with Crippen molar-refractivity contribution in [1.29, 1.82) is 0 Å². The summed E-state index contributed by atoms with van der Waals surface area (Å²) in [7, 11) is -3.87. The van der Waals surface area contributed by atoms with Crippen molar-refractivity contribution in [3.8, 4) is 0 Å². The molecule has 0 saturated carbocycles. The minimum absolute atomic E-state index is 0.0378. The maximum absolute atomic E-state index is 13.9. The molecule has 7 nitrogen and oxygen atoms in total. The van der Waals surface area contributed by atoms with Gasteiger partial charge >= 0.3 is 0 Å². The summed E-state index contributed by atoms with van der Waals surface area (Å²) >= 11 is 6.15. The number of nitrogens with one attached hydrogen (secondary N) is 1. The number of halogens is 1. The molecule has 1 amide bonds. The predicted molar refractivity (Wildman–Crippen MR) is 152 cm³/mol. The van der Waals surface area contributed by atoms with Crippen molar-refractivity contribution in [1.82, 2.24) is 19.2 Å². The lowest BCUT2D eigenvalue weighted by molar-refractivity contribution is -0.138. The number of benzene rings is 3. The van der Waals surface area contributed by atoms with Gasteiger partial charge in [-0.2, -0.15) is 4.31 Å². The molecule has 2 fully saturated rings. The zero-order valence-corrected chi connectivity index (χ0v) is 23.1. The molecule has 2 unspecified atom stereocenters. The van der Waals surface area contributed by atoms with Crippen LogP contribution in [0.1, 0.15) is 49.0 Å². The number of aromatic amines is 1. The molecule has 6 rings (SSSR count). The fourth-order valence-corrected chi connectivity index (χ4v) is 7.96. The fraction of sp³-hybridized carbons (Fsp3) is 0.333. The highest BCUT2D eigenvalue weighted by Gasteiger charge is 2.41. The number of piperidine rings is 2. The first-order valence-electron chi connectivity index (χ1n) is 13.5. The first-order chi connectivity index (χ1) is 18.9. The van der Waals surface area contributed by atoms with Gasteiger partial charge in [-0.05, 0) is 61.6 Å². The number of rotatable bonds is 5. The molecule has 0 spiro atoms. The second kappa shape index (κ2) is 10.8. The molecule has 0 aliphatic carbocycles. The summed E-state index contributed by atoms with van der Waals surface area (Å²) in [5.41, 5.74) is 2.92. The van der Waals surface area contributed by atoms with E-state index in [4.69, 9.17) is 16.6 Å². The van der Waals surface area contributed by atoms with E-state index in [0.29, 0.717) is 31.0 Å². The van der Waals surface area contributed by atoms with Crippen LogP contribution in [0, 0.1) is 5.92 Å². The number of para-hydroxylation sites is 2. The number of H-pyrrole nitrogens is 1. The highest BCUT2D eigenvalue weighted by atomic mass is 35.5. The third-order valence-electron chi connectivity index (χ3n) is 8.07. The smallest absolute Gasteiger partial charge is 0.243 e. The van der Waals surface area contributed by atoms with Crippen LogP contribution >= 0.6 is 11.6 Å². The van der Waals surface area contributed by atoms with Crippen LogP contribution in [0.4, 0.5) is 0 Å². The van der Waals surface area contributed by atoms with Gasteiger partial charge in [0, 0.05) is 30.6 Å². The molecular weight excluding hydrogens is 532 g/mol. The lowest BCUT2D eigenvalue weighted by atomic mass is 9.89. The molecule has 2 saturated heterocycles. The maximum Gasteiger partial charge on any atom is 0.243 e. The molecule has 2 aliphatic rings. The number of amides is 1. The Labute approximate surface area is 233 Å². The number of hydrogen-bond acceptors (Lipinski definition) is 4. The lowest BCUT2D eigenvalue weighted by Gasteiger charge is -2.41. The van der Waals surface area contributed by atoms with Crippen molar-refractivity contribution >= 4 is 38.6 Å². The third kappa shape index (κ3) is 5.21. The van der Waals surface area contributed by atoms with Gasteiger partial charge in [-0.1, -0.05) is 60.1 Å². The van der Waals surface area contributed by atoms with Crippen LogP contribution in [-0.4, -0.2) is 53.1 Å². The normalized spacial score (nSPS) is 21.3. The van der Waals surface area contributed by atoms with E-state index in [1.807, 2.05) is 59.5 Å². The highest BCUT2D eigenvalue weighted by molar-refractivity contribution is 7.89. The van der Waals surface area contributed by atoms with Crippen LogP contribution in [0.15, 0.2) is 83.8 Å². The number of aromatic nitrogens is 2. The zero-order chi connectivity index (χ0) is 27.0. The number of imidazole rings is 1. The molecule has 39 heavy (non-hydrogen) atoms. The molecule has 1 aromatic heterocycles. The predicted octanol–water partition coefficient (Wildman–Crippen LogP) is 5.76. The van der Waals surface area contributed by atoms with Gasteiger partial charge in [-0.3, -0.25) is 4.79 Å². The highest BCUT2D eigenvalue weighted by Crippen LogP contribution is 2.39. The minimum Gasteiger partial charge on any atom is -0.342 e. The van der Waals surface area contributed by atoms with Crippen molar-refractivity contribution < 1.29 is 13.2 Å². The standard InChI is InChI=1S/C30H31ClN4O3S/c31-24-9-6-10-25(19-24)39(37,38)35-20-23(13-14-28(35)21-7-2-1-3-8-21)30(36)34-17-15-22(16-18-34)29-32-26-11-4-5-12-27(26)33-29/h1-12,19,22-23,28H,13-18,20H2,(H,32,33). The van der Waals surface area contributed by atoms with Crippen LogP contribution in [0.3, 0.4) is 0 Å². The van der Waals surface area contributed by atoms with E-state index in [9.17, 15) is 13.2 Å². The second-order valence-electron chi connectivity index (χ2n) is 10.5. The quantitative estimate of drug-likeness (QED) is 0.335. The van der Waals surface area contributed by atoms with Gasteiger partial charge in [-0.15, -0.1) is 0 Å². The average Bonchev–Trinajstić information content (AvgIpc) is 3.41. The van der Waals surface area contributed by atoms with Crippen molar-refractivity contribution in [2.45, 2.75) is 42.5 Å². The van der Waals surface area contributed by atoms with E-state index in [2.05, 4.69) is 4.98 Å². The largest absolute Gasteiger partial charge is 0.342 e. The van der Waals surface area contributed by atoms with Crippen LogP contribution in [0.5, 0.6) is 0 Å². The van der Waals surface area contributed by atoms with Gasteiger partial charge in [0.25, 0.3) is 0 Å². The van der Waals surface area contributed by atoms with Gasteiger partial charge in [0.15, 0.2) is 0 Å². The Balaban J connectivity index is 1.19. The van der Waals surface area contributed by atoms with Crippen molar-refractivity contribution in [3.63, 3.8) is 0 Å². The first-order valence-corrected chi connectivity index (χ1v) is 15.3. The molecule has 3 aromatic carbocycles. The Hall–Kier alpha value is -3.20. The van der Waals surface area contributed by atoms with Gasteiger partial charge in [0.2, 0.25) is 15.9 Å². The molecule has 1 N–H and O–H groups in total. The average molecular weight is 563 g/mol. The minimum atomic E-state index is -3.87. The first kappa shape index (κ1) is 26.0. The van der Waals surface area contributed by atoms with E-state index in [1.165, 1.54) is 10.4 Å². The summed E-state index contributed by atoms with van der Waals surface area (Å²) in [4.78, 5) is 24.0. The van der Waals surface area contributed by atoms with Gasteiger partial charge in [0.1, 0.15) is 5.82 Å². The Morgan fingerprint density at radius 1 is 0.897 bits per heavy atom. The molecule has 4 aromatic rings. The number of carbonyl (C=O) groups excluding carboxylic acids is 1. The van der Waals surface area contributed by atoms with E-state index < -0.39 is 10.0 Å². The van der Waals surface area contributed by atoms with E-state index >= 15 is 0 Å². The molecular formula is C30H31ClN4O3S. The van der Waals surface area contributed by atoms with Crippen molar-refractivity contribution in [2.24, 2.45) is 5.92 Å². The number of nitrogens with zero attached hydrogens (tertiary/aromatic N) is 3.